The van der Waals surface area contributed by atoms with E-state index in [2.05, 4.69) is 4.72 Å². The van der Waals surface area contributed by atoms with Crippen LogP contribution >= 0.6 is 0 Å². The molecule has 0 bridgehead atoms. The summed E-state index contributed by atoms with van der Waals surface area (Å²) in [6.07, 6.45) is 5.06. The SMILES string of the molecule is CC(C)[n+]1ccn(C2=C(NS(=O)(=O)c3ccccc3)C(=O)c3ccccc3C2=O)c1. The van der Waals surface area contributed by atoms with Crippen molar-refractivity contribution in [3.63, 3.8) is 0 Å². The van der Waals surface area contributed by atoms with Gasteiger partial charge in [-0.05, 0) is 26.0 Å². The van der Waals surface area contributed by atoms with E-state index in [1.165, 1.54) is 22.8 Å². The first-order chi connectivity index (χ1) is 14.3. The normalized spacial score (nSPS) is 14.2. The van der Waals surface area contributed by atoms with Gasteiger partial charge in [0.15, 0.2) is 0 Å². The lowest BCUT2D eigenvalue weighted by Crippen LogP contribution is -2.36. The molecule has 0 saturated carbocycles. The molecule has 152 valence electrons. The van der Waals surface area contributed by atoms with Crippen LogP contribution in [0.4, 0.5) is 0 Å². The topological polar surface area (TPSA) is 89.1 Å². The van der Waals surface area contributed by atoms with Gasteiger partial charge in [0.2, 0.25) is 23.6 Å². The summed E-state index contributed by atoms with van der Waals surface area (Å²) in [4.78, 5) is 26.5. The summed E-state index contributed by atoms with van der Waals surface area (Å²) in [6, 6.07) is 14.2. The zero-order valence-corrected chi connectivity index (χ0v) is 17.3. The third-order valence-electron chi connectivity index (χ3n) is 4.90. The standard InChI is InChI=1S/C22H19N3O4S/c1-15(2)24-12-13-25(14-24)20-19(23-30(28,29)16-8-4-3-5-9-16)21(26)17-10-6-7-11-18(17)22(20)27/h3-15H,1-2H3/p+1. The number of nitrogens with one attached hydrogen (secondary N) is 1. The van der Waals surface area contributed by atoms with Crippen molar-refractivity contribution in [2.24, 2.45) is 0 Å². The second-order valence-electron chi connectivity index (χ2n) is 7.21. The first-order valence-electron chi connectivity index (χ1n) is 9.39. The predicted octanol–water partition coefficient (Wildman–Crippen LogP) is 2.58. The molecule has 1 aliphatic carbocycles. The van der Waals surface area contributed by atoms with Gasteiger partial charge in [-0.25, -0.2) is 13.0 Å². The molecule has 7 nitrogen and oxygen atoms in total. The van der Waals surface area contributed by atoms with Crippen LogP contribution in [0, 0.1) is 0 Å². The van der Waals surface area contributed by atoms with E-state index in [9.17, 15) is 18.0 Å². The van der Waals surface area contributed by atoms with Gasteiger partial charge in [-0.3, -0.25) is 14.3 Å². The lowest BCUT2D eigenvalue weighted by molar-refractivity contribution is -0.715. The summed E-state index contributed by atoms with van der Waals surface area (Å²) in [7, 11) is -4.07. The van der Waals surface area contributed by atoms with Crippen LogP contribution in [0.3, 0.4) is 0 Å². The van der Waals surface area contributed by atoms with Gasteiger partial charge in [-0.15, -0.1) is 0 Å². The molecule has 0 fully saturated rings. The minimum absolute atomic E-state index is 0.000656. The van der Waals surface area contributed by atoms with Gasteiger partial charge in [0, 0.05) is 11.1 Å². The summed E-state index contributed by atoms with van der Waals surface area (Å²) in [5.74, 6) is -0.980. The largest absolute Gasteiger partial charge is 0.287 e. The molecule has 8 heteroatoms. The van der Waals surface area contributed by atoms with Crippen LogP contribution in [0.15, 0.2) is 83.9 Å². The molecular formula is C22H20N3O4S+. The van der Waals surface area contributed by atoms with E-state index in [0.717, 1.165) is 0 Å². The Bertz CT molecular complexity index is 1290. The van der Waals surface area contributed by atoms with E-state index in [4.69, 9.17) is 0 Å². The molecule has 0 atom stereocenters. The highest BCUT2D eigenvalue weighted by atomic mass is 32.2. The molecule has 4 rings (SSSR count). The fourth-order valence-electron chi connectivity index (χ4n) is 3.30. The number of Topliss-reactive ketones (excluding diaryl/α,β-unsaturated/α-hetero) is 2. The van der Waals surface area contributed by atoms with E-state index < -0.39 is 21.6 Å². The Labute approximate surface area is 174 Å². The third kappa shape index (κ3) is 3.35. The third-order valence-corrected chi connectivity index (χ3v) is 6.26. The van der Waals surface area contributed by atoms with E-state index in [1.807, 2.05) is 18.4 Å². The lowest BCUT2D eigenvalue weighted by Gasteiger charge is -2.19. The van der Waals surface area contributed by atoms with Gasteiger partial charge in [0.1, 0.15) is 18.1 Å². The Morgan fingerprint density at radius 1 is 0.900 bits per heavy atom. The zero-order chi connectivity index (χ0) is 21.5. The van der Waals surface area contributed by atoms with Gasteiger partial charge in [0.05, 0.1) is 10.9 Å². The maximum atomic E-state index is 13.3. The highest BCUT2D eigenvalue weighted by molar-refractivity contribution is 7.89. The Hall–Kier alpha value is -3.52. The molecule has 3 aromatic rings. The molecule has 0 amide bonds. The minimum Gasteiger partial charge on any atom is -0.287 e. The Balaban J connectivity index is 1.91. The maximum absolute atomic E-state index is 13.3. The van der Waals surface area contributed by atoms with Crippen molar-refractivity contribution in [1.82, 2.24) is 9.29 Å². The fourth-order valence-corrected chi connectivity index (χ4v) is 4.39. The Morgan fingerprint density at radius 2 is 1.50 bits per heavy atom. The maximum Gasteiger partial charge on any atom is 0.262 e. The molecule has 1 aliphatic rings. The number of rotatable bonds is 5. The van der Waals surface area contributed by atoms with Crippen LogP contribution in [0.5, 0.6) is 0 Å². The zero-order valence-electron chi connectivity index (χ0n) is 16.4. The van der Waals surface area contributed by atoms with Crippen LogP contribution in [-0.4, -0.2) is 24.6 Å². The number of imidazole rings is 1. The average molecular weight is 422 g/mol. The van der Waals surface area contributed by atoms with Crippen molar-refractivity contribution < 1.29 is 22.6 Å². The molecule has 30 heavy (non-hydrogen) atoms. The predicted molar refractivity (Wildman–Crippen MR) is 110 cm³/mol. The fraction of sp³-hybridized carbons (Fsp3) is 0.136. The summed E-state index contributed by atoms with van der Waals surface area (Å²) in [5, 5.41) is 0. The molecule has 0 aliphatic heterocycles. The van der Waals surface area contributed by atoms with Gasteiger partial charge in [0.25, 0.3) is 10.0 Å². The highest BCUT2D eigenvalue weighted by Gasteiger charge is 2.38. The van der Waals surface area contributed by atoms with Crippen molar-refractivity contribution >= 4 is 27.3 Å². The molecule has 2 aromatic carbocycles. The van der Waals surface area contributed by atoms with Crippen LogP contribution in [0.1, 0.15) is 40.6 Å². The van der Waals surface area contributed by atoms with Gasteiger partial charge < -0.3 is 0 Å². The molecule has 0 spiro atoms. The van der Waals surface area contributed by atoms with Crippen molar-refractivity contribution in [3.8, 4) is 0 Å². The smallest absolute Gasteiger partial charge is 0.262 e. The number of ketones is 2. The molecule has 0 unspecified atom stereocenters. The molecular weight excluding hydrogens is 402 g/mol. The molecule has 0 saturated heterocycles. The van der Waals surface area contributed by atoms with Crippen molar-refractivity contribution in [1.29, 1.82) is 0 Å². The number of aromatic nitrogens is 2. The minimum atomic E-state index is -4.07. The first kappa shape index (κ1) is 19.8. The quantitative estimate of drug-likeness (QED) is 0.640. The van der Waals surface area contributed by atoms with Crippen LogP contribution in [0.25, 0.3) is 5.70 Å². The van der Waals surface area contributed by atoms with Crippen LogP contribution in [-0.2, 0) is 10.0 Å². The summed E-state index contributed by atoms with van der Waals surface area (Å²) in [6.45, 7) is 3.95. The van der Waals surface area contributed by atoms with Crippen molar-refractivity contribution in [2.45, 2.75) is 24.8 Å². The monoisotopic (exact) mass is 422 g/mol. The molecule has 0 radical (unpaired) electrons. The summed E-state index contributed by atoms with van der Waals surface area (Å²) < 4.78 is 31.6. The number of sulfonamides is 1. The number of nitrogens with zero attached hydrogens (tertiary/aromatic N) is 2. The molecule has 1 aromatic heterocycles. The Morgan fingerprint density at radius 3 is 2.10 bits per heavy atom. The van der Waals surface area contributed by atoms with Crippen LogP contribution < -0.4 is 9.29 Å². The number of fused-ring (bicyclic) bond motifs is 1. The van der Waals surface area contributed by atoms with E-state index in [0.29, 0.717) is 0 Å². The second kappa shape index (κ2) is 7.38. The van der Waals surface area contributed by atoms with Gasteiger partial charge in [-0.1, -0.05) is 42.5 Å². The number of hydrogen-bond acceptors (Lipinski definition) is 4. The van der Waals surface area contributed by atoms with Gasteiger partial charge in [-0.2, -0.15) is 4.57 Å². The first-order valence-corrected chi connectivity index (χ1v) is 10.9. The Kier molecular flexibility index (Phi) is 4.87. The summed E-state index contributed by atoms with van der Waals surface area (Å²) >= 11 is 0. The van der Waals surface area contributed by atoms with E-state index in [1.54, 1.807) is 55.1 Å². The second-order valence-corrected chi connectivity index (χ2v) is 8.89. The number of benzene rings is 2. The van der Waals surface area contributed by atoms with Crippen molar-refractivity contribution in [2.75, 3.05) is 0 Å². The number of carbonyl (C=O) groups excluding carboxylic acids is 2. The highest BCUT2D eigenvalue weighted by Crippen LogP contribution is 2.29. The van der Waals surface area contributed by atoms with Gasteiger partial charge >= 0.3 is 0 Å². The average Bonchev–Trinajstić information content (AvgIpc) is 3.23. The number of carbonyl (C=O) groups is 2. The van der Waals surface area contributed by atoms with Crippen LogP contribution in [0.2, 0.25) is 0 Å². The van der Waals surface area contributed by atoms with Crippen molar-refractivity contribution in [3.05, 3.63) is 90.1 Å². The lowest BCUT2D eigenvalue weighted by atomic mass is 9.90. The van der Waals surface area contributed by atoms with E-state index >= 15 is 0 Å². The molecule has 1 heterocycles. The number of allylic oxidation sites excluding steroid dienone is 2. The van der Waals surface area contributed by atoms with E-state index in [-0.39, 0.29) is 33.5 Å². The summed E-state index contributed by atoms with van der Waals surface area (Å²) in [5.41, 5.74) is 0.109. The molecule has 1 N–H and O–H groups in total. The number of hydrogen-bond donors (Lipinski definition) is 1.